The Labute approximate surface area is 98.9 Å². The summed E-state index contributed by atoms with van der Waals surface area (Å²) in [5, 5.41) is 13.3. The van der Waals surface area contributed by atoms with Gasteiger partial charge in [-0.15, -0.1) is 6.58 Å². The summed E-state index contributed by atoms with van der Waals surface area (Å²) >= 11 is 0. The highest BCUT2D eigenvalue weighted by Gasteiger charge is 2.20. The molecule has 0 amide bonds. The zero-order valence-corrected chi connectivity index (χ0v) is 10.2. The molecule has 0 aliphatic heterocycles. The van der Waals surface area contributed by atoms with Crippen LogP contribution in [0.25, 0.3) is 0 Å². The van der Waals surface area contributed by atoms with E-state index in [1.165, 1.54) is 12.8 Å². The number of hydrogen-bond acceptors (Lipinski definition) is 3. The molecule has 94 valence electrons. The fourth-order valence-corrected chi connectivity index (χ4v) is 2.11. The number of nitrogens with one attached hydrogen (secondary N) is 1. The summed E-state index contributed by atoms with van der Waals surface area (Å²) in [5.74, 6) is 0. The third kappa shape index (κ3) is 5.64. The molecule has 0 heterocycles. The normalized spacial score (nSPS) is 26.3. The van der Waals surface area contributed by atoms with Gasteiger partial charge in [0.25, 0.3) is 0 Å². The van der Waals surface area contributed by atoms with Crippen LogP contribution in [0.1, 0.15) is 38.5 Å². The maximum atomic E-state index is 9.87. The van der Waals surface area contributed by atoms with Crippen LogP contribution in [0, 0.1) is 0 Å². The van der Waals surface area contributed by atoms with E-state index in [9.17, 15) is 5.11 Å². The largest absolute Gasteiger partial charge is 0.392 e. The summed E-state index contributed by atoms with van der Waals surface area (Å²) in [7, 11) is 0. The molecule has 0 aromatic rings. The average molecular weight is 227 g/mol. The quantitative estimate of drug-likeness (QED) is 0.396. The van der Waals surface area contributed by atoms with Crippen molar-refractivity contribution in [1.82, 2.24) is 5.32 Å². The Morgan fingerprint density at radius 2 is 2.06 bits per heavy atom. The highest BCUT2D eigenvalue weighted by Crippen LogP contribution is 2.17. The van der Waals surface area contributed by atoms with Crippen molar-refractivity contribution in [3.05, 3.63) is 12.7 Å². The van der Waals surface area contributed by atoms with Crippen molar-refractivity contribution in [3.8, 4) is 0 Å². The zero-order chi connectivity index (χ0) is 11.6. The van der Waals surface area contributed by atoms with Crippen molar-refractivity contribution in [2.75, 3.05) is 19.8 Å². The lowest BCUT2D eigenvalue weighted by molar-refractivity contribution is 0.103. The minimum atomic E-state index is -0.171. The first-order valence-electron chi connectivity index (χ1n) is 6.44. The Hall–Kier alpha value is -0.380. The van der Waals surface area contributed by atoms with Gasteiger partial charge < -0.3 is 15.2 Å². The fourth-order valence-electron chi connectivity index (χ4n) is 2.11. The molecule has 1 rings (SSSR count). The maximum Gasteiger partial charge on any atom is 0.0693 e. The van der Waals surface area contributed by atoms with Crippen molar-refractivity contribution < 1.29 is 9.84 Å². The van der Waals surface area contributed by atoms with Gasteiger partial charge in [-0.05, 0) is 19.3 Å². The van der Waals surface area contributed by atoms with E-state index in [0.717, 1.165) is 45.4 Å². The van der Waals surface area contributed by atoms with Crippen molar-refractivity contribution in [2.24, 2.45) is 0 Å². The molecule has 0 aromatic heterocycles. The van der Waals surface area contributed by atoms with Gasteiger partial charge in [-0.25, -0.2) is 0 Å². The van der Waals surface area contributed by atoms with E-state index in [-0.39, 0.29) is 12.1 Å². The summed E-state index contributed by atoms with van der Waals surface area (Å²) in [6, 6.07) is 0.269. The molecular formula is C13H25NO2. The van der Waals surface area contributed by atoms with E-state index in [1.807, 2.05) is 6.08 Å². The molecule has 0 saturated heterocycles. The second-order valence-electron chi connectivity index (χ2n) is 4.46. The van der Waals surface area contributed by atoms with Crippen LogP contribution in [-0.2, 0) is 4.74 Å². The Kier molecular flexibility index (Phi) is 7.47. The number of hydrogen-bond donors (Lipinski definition) is 2. The Balaban J connectivity index is 2.03. The summed E-state index contributed by atoms with van der Waals surface area (Å²) in [6.45, 7) is 5.94. The number of aliphatic hydroxyl groups is 1. The molecular weight excluding hydrogens is 202 g/mol. The van der Waals surface area contributed by atoms with Crippen molar-refractivity contribution in [1.29, 1.82) is 0 Å². The van der Waals surface area contributed by atoms with Gasteiger partial charge in [0.05, 0.1) is 19.3 Å². The van der Waals surface area contributed by atoms with Crippen molar-refractivity contribution in [3.63, 3.8) is 0 Å². The number of ether oxygens (including phenoxy) is 1. The minimum absolute atomic E-state index is 0.171. The summed E-state index contributed by atoms with van der Waals surface area (Å²) in [6.07, 6.45) is 8.28. The lowest BCUT2D eigenvalue weighted by Gasteiger charge is -2.21. The first-order valence-corrected chi connectivity index (χ1v) is 6.44. The molecule has 1 saturated carbocycles. The van der Waals surface area contributed by atoms with Crippen molar-refractivity contribution >= 4 is 0 Å². The van der Waals surface area contributed by atoms with Crippen LogP contribution in [0.15, 0.2) is 12.7 Å². The summed E-state index contributed by atoms with van der Waals surface area (Å²) < 4.78 is 5.42. The predicted octanol–water partition coefficient (Wildman–Crippen LogP) is 1.86. The third-order valence-corrected chi connectivity index (χ3v) is 3.10. The topological polar surface area (TPSA) is 41.5 Å². The van der Waals surface area contributed by atoms with E-state index in [1.54, 1.807) is 0 Å². The molecule has 1 fully saturated rings. The van der Waals surface area contributed by atoms with Gasteiger partial charge >= 0.3 is 0 Å². The smallest absolute Gasteiger partial charge is 0.0693 e. The molecule has 3 heteroatoms. The predicted molar refractivity (Wildman–Crippen MR) is 66.5 cm³/mol. The second kappa shape index (κ2) is 8.74. The van der Waals surface area contributed by atoms with Gasteiger partial charge in [-0.2, -0.15) is 0 Å². The molecule has 1 aliphatic carbocycles. The molecule has 2 atom stereocenters. The lowest BCUT2D eigenvalue weighted by Crippen LogP contribution is -2.40. The monoisotopic (exact) mass is 227 g/mol. The van der Waals surface area contributed by atoms with Crippen LogP contribution in [0.3, 0.4) is 0 Å². The zero-order valence-electron chi connectivity index (χ0n) is 10.2. The molecule has 16 heavy (non-hydrogen) atoms. The highest BCUT2D eigenvalue weighted by atomic mass is 16.5. The molecule has 0 radical (unpaired) electrons. The standard InChI is InChI=1S/C13H25NO2/c1-2-3-10-16-11-9-14-12-7-5-4-6-8-13(12)15/h2,12-15H,1,3-11H2. The van der Waals surface area contributed by atoms with Gasteiger partial charge in [0.2, 0.25) is 0 Å². The molecule has 0 spiro atoms. The van der Waals surface area contributed by atoms with Gasteiger partial charge in [-0.3, -0.25) is 0 Å². The van der Waals surface area contributed by atoms with E-state index in [2.05, 4.69) is 11.9 Å². The van der Waals surface area contributed by atoms with Crippen LogP contribution in [-0.4, -0.2) is 37.0 Å². The Morgan fingerprint density at radius 1 is 1.25 bits per heavy atom. The molecule has 0 bridgehead atoms. The maximum absolute atomic E-state index is 9.87. The van der Waals surface area contributed by atoms with Gasteiger partial charge in [-0.1, -0.05) is 25.3 Å². The average Bonchev–Trinajstić information content (AvgIpc) is 2.49. The lowest BCUT2D eigenvalue weighted by atomic mass is 10.1. The third-order valence-electron chi connectivity index (χ3n) is 3.10. The molecule has 3 nitrogen and oxygen atoms in total. The first kappa shape index (κ1) is 13.7. The molecule has 1 aliphatic rings. The van der Waals surface area contributed by atoms with E-state index in [4.69, 9.17) is 4.74 Å². The SMILES string of the molecule is C=CCCOCCNC1CCCCCC1O. The number of aliphatic hydroxyl groups excluding tert-OH is 1. The van der Waals surface area contributed by atoms with Gasteiger partial charge in [0, 0.05) is 12.6 Å². The van der Waals surface area contributed by atoms with Crippen LogP contribution >= 0.6 is 0 Å². The molecule has 0 aromatic carbocycles. The van der Waals surface area contributed by atoms with Crippen molar-refractivity contribution in [2.45, 2.75) is 50.7 Å². The van der Waals surface area contributed by atoms with Crippen LogP contribution in [0.4, 0.5) is 0 Å². The van der Waals surface area contributed by atoms with Gasteiger partial charge in [0.1, 0.15) is 0 Å². The highest BCUT2D eigenvalue weighted by molar-refractivity contribution is 4.78. The van der Waals surface area contributed by atoms with Gasteiger partial charge in [0.15, 0.2) is 0 Å². The summed E-state index contributed by atoms with van der Waals surface area (Å²) in [4.78, 5) is 0. The second-order valence-corrected chi connectivity index (χ2v) is 4.46. The molecule has 2 unspecified atom stereocenters. The van der Waals surface area contributed by atoms with Crippen LogP contribution in [0.5, 0.6) is 0 Å². The first-order chi connectivity index (χ1) is 7.84. The van der Waals surface area contributed by atoms with Crippen LogP contribution in [0.2, 0.25) is 0 Å². The van der Waals surface area contributed by atoms with E-state index in [0.29, 0.717) is 0 Å². The molecule has 2 N–H and O–H groups in total. The van der Waals surface area contributed by atoms with E-state index >= 15 is 0 Å². The number of rotatable bonds is 7. The Bertz CT molecular complexity index is 185. The minimum Gasteiger partial charge on any atom is -0.392 e. The summed E-state index contributed by atoms with van der Waals surface area (Å²) in [5.41, 5.74) is 0. The van der Waals surface area contributed by atoms with Crippen LogP contribution < -0.4 is 5.32 Å². The van der Waals surface area contributed by atoms with E-state index < -0.39 is 0 Å². The Morgan fingerprint density at radius 3 is 2.88 bits per heavy atom. The fraction of sp³-hybridized carbons (Fsp3) is 0.846.